The van der Waals surface area contributed by atoms with Crippen LogP contribution in [0.25, 0.3) is 0 Å². The number of carboxylic acid groups (broad SMARTS) is 1. The Morgan fingerprint density at radius 2 is 1.83 bits per heavy atom. The Hall–Kier alpha value is -0.340. The van der Waals surface area contributed by atoms with Crippen LogP contribution in [0, 0.1) is 0 Å². The molecule has 0 spiro atoms. The predicted octanol–water partition coefficient (Wildman–Crippen LogP) is 0.168. The molecule has 0 aromatic carbocycles. The summed E-state index contributed by atoms with van der Waals surface area (Å²) in [5.74, 6) is -0.0271. The molecule has 0 heterocycles. The van der Waals surface area contributed by atoms with Crippen molar-refractivity contribution in [2.45, 2.75) is 13.3 Å². The molecule has 0 aromatic heterocycles. The van der Waals surface area contributed by atoms with Crippen LogP contribution < -0.4 is 10.6 Å². The summed E-state index contributed by atoms with van der Waals surface area (Å²) in [5, 5.41) is 14.8. The van der Waals surface area contributed by atoms with Crippen LogP contribution in [0.2, 0.25) is 0 Å². The SMILES string of the molecule is CCN(CCNCCNCCC(=O)O)CCSO. The third kappa shape index (κ3) is 12.1. The van der Waals surface area contributed by atoms with Crippen molar-refractivity contribution in [3.05, 3.63) is 0 Å². The van der Waals surface area contributed by atoms with E-state index in [0.29, 0.717) is 6.54 Å². The van der Waals surface area contributed by atoms with Crippen molar-refractivity contribution in [3.63, 3.8) is 0 Å². The van der Waals surface area contributed by atoms with Crippen molar-refractivity contribution < 1.29 is 14.5 Å². The highest BCUT2D eigenvalue weighted by atomic mass is 32.2. The molecule has 108 valence electrons. The average molecular weight is 279 g/mol. The number of hydrogen-bond acceptors (Lipinski definition) is 6. The molecule has 0 radical (unpaired) electrons. The normalized spacial score (nSPS) is 11.1. The van der Waals surface area contributed by atoms with Crippen LogP contribution in [0.5, 0.6) is 0 Å². The molecule has 6 nitrogen and oxygen atoms in total. The second-order valence-electron chi connectivity index (χ2n) is 3.91. The number of likely N-dealkylation sites (N-methyl/N-ethyl adjacent to an activating group) is 1. The first-order valence-corrected chi connectivity index (χ1v) is 7.27. The van der Waals surface area contributed by atoms with E-state index in [1.165, 1.54) is 0 Å². The molecule has 4 N–H and O–H groups in total. The van der Waals surface area contributed by atoms with E-state index < -0.39 is 5.97 Å². The average Bonchev–Trinajstić information content (AvgIpc) is 2.35. The van der Waals surface area contributed by atoms with E-state index in [4.69, 9.17) is 9.66 Å². The Morgan fingerprint density at radius 1 is 1.17 bits per heavy atom. The minimum absolute atomic E-state index is 0.169. The minimum Gasteiger partial charge on any atom is -0.481 e. The van der Waals surface area contributed by atoms with Crippen molar-refractivity contribution in [1.82, 2.24) is 15.5 Å². The van der Waals surface area contributed by atoms with Gasteiger partial charge in [-0.1, -0.05) is 6.92 Å². The molecule has 0 fully saturated rings. The fourth-order valence-electron chi connectivity index (χ4n) is 1.46. The Balaban J connectivity index is 3.24. The number of nitrogens with zero attached hydrogens (tertiary/aromatic N) is 1. The molecule has 0 unspecified atom stereocenters. The Bertz CT molecular complexity index is 208. The molecule has 0 aromatic rings. The molecule has 0 rings (SSSR count). The Morgan fingerprint density at radius 3 is 2.39 bits per heavy atom. The first kappa shape index (κ1) is 17.7. The monoisotopic (exact) mass is 279 g/mol. The molecule has 0 atom stereocenters. The summed E-state index contributed by atoms with van der Waals surface area (Å²) in [6.45, 7) is 8.01. The van der Waals surface area contributed by atoms with Gasteiger partial charge in [-0.2, -0.15) is 0 Å². The van der Waals surface area contributed by atoms with Gasteiger partial charge < -0.3 is 25.2 Å². The highest BCUT2D eigenvalue weighted by molar-refractivity contribution is 7.93. The number of aliphatic carboxylic acids is 1. The summed E-state index contributed by atoms with van der Waals surface area (Å²) < 4.78 is 8.67. The van der Waals surface area contributed by atoms with Crippen LogP contribution in [0.3, 0.4) is 0 Å². The predicted molar refractivity (Wildman–Crippen MR) is 75.2 cm³/mol. The molecule has 7 heteroatoms. The Labute approximate surface area is 113 Å². The van der Waals surface area contributed by atoms with Gasteiger partial charge in [0.25, 0.3) is 0 Å². The van der Waals surface area contributed by atoms with Crippen LogP contribution in [-0.2, 0) is 4.79 Å². The van der Waals surface area contributed by atoms with Crippen LogP contribution in [0.4, 0.5) is 0 Å². The maximum Gasteiger partial charge on any atom is 0.304 e. The lowest BCUT2D eigenvalue weighted by Gasteiger charge is -2.19. The zero-order chi connectivity index (χ0) is 13.6. The van der Waals surface area contributed by atoms with E-state index in [-0.39, 0.29) is 6.42 Å². The lowest BCUT2D eigenvalue weighted by Crippen LogP contribution is -2.36. The second-order valence-corrected chi connectivity index (χ2v) is 4.58. The van der Waals surface area contributed by atoms with Crippen molar-refractivity contribution in [1.29, 1.82) is 0 Å². The molecule has 0 bridgehead atoms. The number of carbonyl (C=O) groups is 1. The molecule has 0 aliphatic heterocycles. The third-order valence-electron chi connectivity index (χ3n) is 2.55. The molecule has 18 heavy (non-hydrogen) atoms. The first-order chi connectivity index (χ1) is 8.70. The lowest BCUT2D eigenvalue weighted by molar-refractivity contribution is -0.136. The van der Waals surface area contributed by atoms with Gasteiger partial charge in [0, 0.05) is 45.0 Å². The van der Waals surface area contributed by atoms with Crippen LogP contribution in [-0.4, -0.2) is 72.1 Å². The zero-order valence-electron chi connectivity index (χ0n) is 11.0. The van der Waals surface area contributed by atoms with Gasteiger partial charge in [-0.3, -0.25) is 4.79 Å². The Kier molecular flexibility index (Phi) is 12.9. The van der Waals surface area contributed by atoms with Gasteiger partial charge in [0.2, 0.25) is 0 Å². The van der Waals surface area contributed by atoms with Crippen molar-refractivity contribution in [2.75, 3.05) is 51.6 Å². The number of rotatable bonds is 13. The van der Waals surface area contributed by atoms with Crippen LogP contribution in [0.1, 0.15) is 13.3 Å². The first-order valence-electron chi connectivity index (χ1n) is 6.32. The standard InChI is InChI=1S/C11H25N3O3S/c1-2-14(9-10-18-17)8-7-13-6-5-12-4-3-11(15)16/h12-13,17H,2-10H2,1H3,(H,15,16). The van der Waals surface area contributed by atoms with Gasteiger partial charge in [-0.05, 0) is 18.6 Å². The van der Waals surface area contributed by atoms with Gasteiger partial charge in [0.15, 0.2) is 0 Å². The smallest absolute Gasteiger partial charge is 0.304 e. The van der Waals surface area contributed by atoms with Gasteiger partial charge in [-0.25, -0.2) is 0 Å². The summed E-state index contributed by atoms with van der Waals surface area (Å²) in [4.78, 5) is 12.5. The van der Waals surface area contributed by atoms with Gasteiger partial charge in [0.1, 0.15) is 0 Å². The van der Waals surface area contributed by atoms with Crippen LogP contribution in [0.15, 0.2) is 0 Å². The summed E-state index contributed by atoms with van der Waals surface area (Å²) in [5.41, 5.74) is 0. The van der Waals surface area contributed by atoms with E-state index in [2.05, 4.69) is 22.5 Å². The molecule has 0 aliphatic carbocycles. The molecule has 0 saturated carbocycles. The fraction of sp³-hybridized carbons (Fsp3) is 0.909. The third-order valence-corrected chi connectivity index (χ3v) is 2.91. The molecule has 0 aliphatic rings. The van der Waals surface area contributed by atoms with Crippen molar-refractivity contribution in [2.24, 2.45) is 0 Å². The summed E-state index contributed by atoms with van der Waals surface area (Å²) in [6.07, 6.45) is 0.169. The fourth-order valence-corrected chi connectivity index (χ4v) is 1.80. The van der Waals surface area contributed by atoms with Gasteiger partial charge in [-0.15, -0.1) is 0 Å². The zero-order valence-corrected chi connectivity index (χ0v) is 11.8. The lowest BCUT2D eigenvalue weighted by atomic mass is 10.4. The van der Waals surface area contributed by atoms with Crippen molar-refractivity contribution in [3.8, 4) is 0 Å². The second kappa shape index (κ2) is 13.1. The quantitative estimate of drug-likeness (QED) is 0.282. The van der Waals surface area contributed by atoms with E-state index in [0.717, 1.165) is 57.1 Å². The highest BCUT2D eigenvalue weighted by Crippen LogP contribution is 1.93. The van der Waals surface area contributed by atoms with E-state index in [1.54, 1.807) is 0 Å². The number of nitrogens with one attached hydrogen (secondary N) is 2. The summed E-state index contributed by atoms with van der Waals surface area (Å²) >= 11 is 0.880. The van der Waals surface area contributed by atoms with Gasteiger partial charge in [0.05, 0.1) is 6.42 Å². The molecule has 0 amide bonds. The largest absolute Gasteiger partial charge is 0.481 e. The van der Waals surface area contributed by atoms with E-state index in [9.17, 15) is 4.79 Å². The van der Waals surface area contributed by atoms with Crippen molar-refractivity contribution >= 4 is 18.0 Å². The molecule has 0 saturated heterocycles. The number of hydrogen-bond donors (Lipinski definition) is 4. The minimum atomic E-state index is -0.768. The number of carboxylic acids is 1. The van der Waals surface area contributed by atoms with E-state index in [1.807, 2.05) is 0 Å². The molecular weight excluding hydrogens is 254 g/mol. The maximum atomic E-state index is 10.2. The van der Waals surface area contributed by atoms with Crippen LogP contribution >= 0.6 is 12.0 Å². The maximum absolute atomic E-state index is 10.2. The summed E-state index contributed by atoms with van der Waals surface area (Å²) in [6, 6.07) is 0. The molecular formula is C11H25N3O3S. The summed E-state index contributed by atoms with van der Waals surface area (Å²) in [7, 11) is 0. The highest BCUT2D eigenvalue weighted by Gasteiger charge is 2.01. The van der Waals surface area contributed by atoms with E-state index >= 15 is 0 Å². The topological polar surface area (TPSA) is 84.8 Å². The van der Waals surface area contributed by atoms with Gasteiger partial charge >= 0.3 is 5.97 Å².